The molecule has 0 spiro atoms. The van der Waals surface area contributed by atoms with Crippen LogP contribution in [-0.2, 0) is 21.2 Å². The third kappa shape index (κ3) is 4.64. The average molecular weight is 419 g/mol. The zero-order valence-corrected chi connectivity index (χ0v) is 15.9. The van der Waals surface area contributed by atoms with Gasteiger partial charge in [0.05, 0.1) is 22.4 Å². The van der Waals surface area contributed by atoms with E-state index in [0.29, 0.717) is 4.57 Å². The molecule has 1 atom stereocenters. The minimum atomic E-state index is -3.54. The average Bonchev–Trinajstić information content (AvgIpc) is 2.51. The third-order valence-corrected chi connectivity index (χ3v) is 5.19. The van der Waals surface area contributed by atoms with Crippen LogP contribution < -0.4 is 11.2 Å². The molecule has 0 fully saturated rings. The fourth-order valence-electron chi connectivity index (χ4n) is 2.68. The number of nitrogens with zero attached hydrogens (tertiary/aromatic N) is 2. The van der Waals surface area contributed by atoms with Gasteiger partial charge in [0.15, 0.2) is 0 Å². The number of carbonyl (C=O) groups is 1. The predicted molar refractivity (Wildman–Crippen MR) is 97.4 cm³/mol. The fraction of sp³-hybridized carbons (Fsp3) is 0.312. The van der Waals surface area contributed by atoms with Crippen molar-refractivity contribution in [2.24, 2.45) is 0 Å². The predicted octanol–water partition coefficient (Wildman–Crippen LogP) is 1.16. The molecule has 11 heteroatoms. The zero-order valence-electron chi connectivity index (χ0n) is 14.3. The van der Waals surface area contributed by atoms with Gasteiger partial charge in [0, 0.05) is 18.0 Å². The lowest BCUT2D eigenvalue weighted by molar-refractivity contribution is -0.137. The van der Waals surface area contributed by atoms with E-state index in [9.17, 15) is 27.2 Å². The van der Waals surface area contributed by atoms with E-state index in [1.807, 2.05) is 0 Å². The number of halogens is 2. The number of carboxylic acids is 1. The quantitative estimate of drug-likeness (QED) is 0.752. The van der Waals surface area contributed by atoms with Crippen LogP contribution in [0.2, 0.25) is 5.02 Å². The van der Waals surface area contributed by atoms with Crippen LogP contribution in [0.5, 0.6) is 0 Å². The van der Waals surface area contributed by atoms with Crippen LogP contribution in [0.4, 0.5) is 4.39 Å². The minimum absolute atomic E-state index is 0.0406. The summed E-state index contributed by atoms with van der Waals surface area (Å²) in [6, 6.07) is 2.63. The van der Waals surface area contributed by atoms with Crippen molar-refractivity contribution in [2.45, 2.75) is 19.5 Å². The van der Waals surface area contributed by atoms with Gasteiger partial charge in [-0.2, -0.15) is 0 Å². The van der Waals surface area contributed by atoms with Crippen molar-refractivity contribution < 1.29 is 22.7 Å². The highest BCUT2D eigenvalue weighted by Gasteiger charge is 2.22. The first-order chi connectivity index (χ1) is 12.4. The molecule has 27 heavy (non-hydrogen) atoms. The zero-order chi connectivity index (χ0) is 20.5. The van der Waals surface area contributed by atoms with Gasteiger partial charge in [-0.3, -0.25) is 18.7 Å². The van der Waals surface area contributed by atoms with E-state index >= 15 is 0 Å². The van der Waals surface area contributed by atoms with Gasteiger partial charge in [-0.1, -0.05) is 23.7 Å². The lowest BCUT2D eigenvalue weighted by Crippen LogP contribution is -2.44. The summed E-state index contributed by atoms with van der Waals surface area (Å²) in [5.74, 6) is -2.68. The Morgan fingerprint density at radius 2 is 1.93 bits per heavy atom. The molecule has 0 saturated heterocycles. The van der Waals surface area contributed by atoms with E-state index in [-0.39, 0.29) is 16.1 Å². The summed E-state index contributed by atoms with van der Waals surface area (Å²) < 4.78 is 38.3. The lowest BCUT2D eigenvalue weighted by Gasteiger charge is -2.17. The summed E-state index contributed by atoms with van der Waals surface area (Å²) in [5.41, 5.74) is -2.15. The maximum Gasteiger partial charge on any atom is 0.331 e. The maximum absolute atomic E-state index is 13.8. The molecule has 0 amide bonds. The molecule has 0 aliphatic rings. The van der Waals surface area contributed by atoms with Gasteiger partial charge in [0.1, 0.15) is 22.2 Å². The van der Waals surface area contributed by atoms with E-state index in [4.69, 9.17) is 16.7 Å². The lowest BCUT2D eigenvalue weighted by atomic mass is 10.1. The van der Waals surface area contributed by atoms with Crippen LogP contribution >= 0.6 is 11.6 Å². The van der Waals surface area contributed by atoms with Gasteiger partial charge in [-0.15, -0.1) is 0 Å². The molecule has 0 unspecified atom stereocenters. The van der Waals surface area contributed by atoms with Gasteiger partial charge in [-0.05, 0) is 13.0 Å². The van der Waals surface area contributed by atoms with E-state index in [1.54, 1.807) is 0 Å². The highest BCUT2D eigenvalue weighted by Crippen LogP contribution is 2.27. The number of sulfone groups is 1. The van der Waals surface area contributed by atoms with Crippen LogP contribution in [0.3, 0.4) is 0 Å². The fourth-order valence-corrected chi connectivity index (χ4v) is 3.93. The molecule has 8 nitrogen and oxygen atoms in total. The molecule has 0 aliphatic heterocycles. The Labute approximate surface area is 158 Å². The molecule has 0 radical (unpaired) electrons. The Hall–Kier alpha value is -2.46. The highest BCUT2D eigenvalue weighted by atomic mass is 35.5. The van der Waals surface area contributed by atoms with E-state index in [0.717, 1.165) is 23.1 Å². The van der Waals surface area contributed by atoms with E-state index in [1.165, 1.54) is 19.1 Å². The molecular formula is C16H16ClFN2O6S. The van der Waals surface area contributed by atoms with Crippen molar-refractivity contribution in [3.05, 3.63) is 56.1 Å². The summed E-state index contributed by atoms with van der Waals surface area (Å²) in [7, 11) is -3.54. The number of hydrogen-bond acceptors (Lipinski definition) is 5. The van der Waals surface area contributed by atoms with Crippen molar-refractivity contribution in [1.29, 1.82) is 0 Å². The first-order valence-electron chi connectivity index (χ1n) is 7.62. The third-order valence-electron chi connectivity index (χ3n) is 3.72. The summed E-state index contributed by atoms with van der Waals surface area (Å²) in [6.07, 6.45) is 1.92. The Bertz CT molecular complexity index is 1120. The standard InChI is InChI=1S/C16H16ClFN2O6S/c1-9(8-27(2,25)26)20-15(23)11(6-19(16(20)24)7-13(21)22)10-4-3-5-12(18)14(10)17/h3-6,9H,7-8H2,1-2H3,(H,21,22)/t9-/m1/s1. The Morgan fingerprint density at radius 3 is 2.48 bits per heavy atom. The van der Waals surface area contributed by atoms with Crippen molar-refractivity contribution in [2.75, 3.05) is 12.0 Å². The summed E-state index contributed by atoms with van der Waals surface area (Å²) >= 11 is 5.91. The topological polar surface area (TPSA) is 115 Å². The molecule has 146 valence electrons. The Balaban J connectivity index is 2.84. The monoisotopic (exact) mass is 418 g/mol. The van der Waals surface area contributed by atoms with Gasteiger partial charge in [0.25, 0.3) is 5.56 Å². The number of hydrogen-bond donors (Lipinski definition) is 1. The van der Waals surface area contributed by atoms with Crippen molar-refractivity contribution >= 4 is 27.4 Å². The second-order valence-electron chi connectivity index (χ2n) is 6.06. The Morgan fingerprint density at radius 1 is 1.30 bits per heavy atom. The molecule has 2 rings (SSSR count). The largest absolute Gasteiger partial charge is 0.480 e. The first kappa shape index (κ1) is 20.8. The van der Waals surface area contributed by atoms with Gasteiger partial charge in [0.2, 0.25) is 0 Å². The van der Waals surface area contributed by atoms with Crippen molar-refractivity contribution in [3.8, 4) is 11.1 Å². The van der Waals surface area contributed by atoms with Crippen LogP contribution in [0, 0.1) is 5.82 Å². The number of aromatic nitrogens is 2. The molecule has 0 bridgehead atoms. The molecular weight excluding hydrogens is 403 g/mol. The summed E-state index contributed by atoms with van der Waals surface area (Å²) in [6.45, 7) is 0.566. The SMILES string of the molecule is C[C@H](CS(C)(=O)=O)n1c(=O)c(-c2cccc(F)c2Cl)cn(CC(=O)O)c1=O. The van der Waals surface area contributed by atoms with Gasteiger partial charge >= 0.3 is 11.7 Å². The van der Waals surface area contributed by atoms with Gasteiger partial charge < -0.3 is 5.11 Å². The normalized spacial score (nSPS) is 12.7. The smallest absolute Gasteiger partial charge is 0.331 e. The summed E-state index contributed by atoms with van der Waals surface area (Å²) in [5, 5.41) is 8.63. The molecule has 1 heterocycles. The van der Waals surface area contributed by atoms with Crippen LogP contribution in [-0.4, -0.2) is 40.6 Å². The minimum Gasteiger partial charge on any atom is -0.480 e. The first-order valence-corrected chi connectivity index (χ1v) is 10.1. The molecule has 1 aromatic carbocycles. The van der Waals surface area contributed by atoms with E-state index in [2.05, 4.69) is 0 Å². The molecule has 0 saturated carbocycles. The van der Waals surface area contributed by atoms with Crippen molar-refractivity contribution in [1.82, 2.24) is 9.13 Å². The second-order valence-corrected chi connectivity index (χ2v) is 8.63. The van der Waals surface area contributed by atoms with Crippen LogP contribution in [0.1, 0.15) is 13.0 Å². The summed E-state index contributed by atoms with van der Waals surface area (Å²) in [4.78, 5) is 36.4. The van der Waals surface area contributed by atoms with Crippen molar-refractivity contribution in [3.63, 3.8) is 0 Å². The second kappa shape index (κ2) is 7.65. The maximum atomic E-state index is 13.8. The molecule has 1 aromatic heterocycles. The number of carboxylic acid groups (broad SMARTS) is 1. The molecule has 0 aliphatic carbocycles. The van der Waals surface area contributed by atoms with Crippen LogP contribution in [0.25, 0.3) is 11.1 Å². The molecule has 2 aromatic rings. The van der Waals surface area contributed by atoms with Gasteiger partial charge in [-0.25, -0.2) is 17.6 Å². The van der Waals surface area contributed by atoms with Crippen LogP contribution in [0.15, 0.2) is 34.0 Å². The van der Waals surface area contributed by atoms with E-state index < -0.39 is 51.2 Å². The highest BCUT2D eigenvalue weighted by molar-refractivity contribution is 7.90. The number of benzene rings is 1. The molecule has 1 N–H and O–H groups in total. The Kier molecular flexibility index (Phi) is 5.91. The number of aliphatic carboxylic acids is 1. The number of rotatable bonds is 6.